The molecule has 4 N–H and O–H groups in total. The molecule has 0 saturated carbocycles. The van der Waals surface area contributed by atoms with E-state index in [0.717, 1.165) is 13.0 Å². The van der Waals surface area contributed by atoms with Crippen LogP contribution in [0.5, 0.6) is 5.75 Å². The number of ether oxygens (including phenoxy) is 2. The Kier molecular flexibility index (Phi) is 8.35. The van der Waals surface area contributed by atoms with Crippen LogP contribution in [0.4, 0.5) is 5.69 Å². The Hall–Kier alpha value is -2.03. The second-order valence-electron chi connectivity index (χ2n) is 6.91. The van der Waals surface area contributed by atoms with E-state index in [9.17, 15) is 9.59 Å². The van der Waals surface area contributed by atoms with Crippen LogP contribution in [-0.4, -0.2) is 67.4 Å². The van der Waals surface area contributed by atoms with Crippen molar-refractivity contribution >= 4 is 29.2 Å². The van der Waals surface area contributed by atoms with Crippen LogP contribution in [0.25, 0.3) is 0 Å². The number of carboxylic acid groups (broad SMARTS) is 1. The zero-order valence-corrected chi connectivity index (χ0v) is 17.0. The number of benzene rings is 1. The minimum absolute atomic E-state index is 0.144. The summed E-state index contributed by atoms with van der Waals surface area (Å²) >= 11 is 6.02. The Labute approximate surface area is 169 Å². The Bertz CT molecular complexity index is 700. The fourth-order valence-corrected chi connectivity index (χ4v) is 3.38. The Morgan fingerprint density at radius 2 is 2.25 bits per heavy atom. The van der Waals surface area contributed by atoms with Crippen LogP contribution in [0.1, 0.15) is 36.5 Å². The normalized spacial score (nSPS) is 18.5. The Morgan fingerprint density at radius 1 is 1.50 bits per heavy atom. The van der Waals surface area contributed by atoms with Crippen molar-refractivity contribution in [1.29, 1.82) is 0 Å². The number of carbonyl (C=O) groups is 2. The van der Waals surface area contributed by atoms with Crippen molar-refractivity contribution in [2.75, 3.05) is 39.1 Å². The van der Waals surface area contributed by atoms with E-state index in [1.54, 1.807) is 0 Å². The SMILES string of the molecule is COc1cc(N)c(Cl)cc1C(=O)NC[C@@H]1CN(C(C)CCCC(=O)O)CCO1. The maximum Gasteiger partial charge on any atom is 0.303 e. The van der Waals surface area contributed by atoms with Gasteiger partial charge in [0.05, 0.1) is 36.1 Å². The lowest BCUT2D eigenvalue weighted by Gasteiger charge is -2.37. The predicted molar refractivity (Wildman–Crippen MR) is 107 cm³/mol. The number of halogens is 1. The van der Waals surface area contributed by atoms with Crippen LogP contribution in [0.15, 0.2) is 12.1 Å². The zero-order valence-electron chi connectivity index (χ0n) is 16.2. The summed E-state index contributed by atoms with van der Waals surface area (Å²) in [6.07, 6.45) is 1.49. The summed E-state index contributed by atoms with van der Waals surface area (Å²) < 4.78 is 11.0. The van der Waals surface area contributed by atoms with Gasteiger partial charge in [-0.25, -0.2) is 0 Å². The lowest BCUT2D eigenvalue weighted by Crippen LogP contribution is -2.50. The molecule has 0 radical (unpaired) electrons. The van der Waals surface area contributed by atoms with Gasteiger partial charge >= 0.3 is 5.97 Å². The van der Waals surface area contributed by atoms with Crippen LogP contribution in [0, 0.1) is 0 Å². The van der Waals surface area contributed by atoms with Crippen molar-refractivity contribution in [3.05, 3.63) is 22.7 Å². The van der Waals surface area contributed by atoms with Gasteiger partial charge in [-0.1, -0.05) is 11.6 Å². The highest BCUT2D eigenvalue weighted by Crippen LogP contribution is 2.28. The van der Waals surface area contributed by atoms with E-state index < -0.39 is 5.97 Å². The van der Waals surface area contributed by atoms with E-state index >= 15 is 0 Å². The average molecular weight is 414 g/mol. The number of nitrogens with two attached hydrogens (primary N) is 1. The molecule has 8 nitrogen and oxygen atoms in total. The molecule has 0 aliphatic carbocycles. The minimum atomic E-state index is -0.770. The van der Waals surface area contributed by atoms with Gasteiger partial charge < -0.3 is 25.6 Å². The van der Waals surface area contributed by atoms with Crippen molar-refractivity contribution in [3.8, 4) is 5.75 Å². The molecule has 0 aromatic heterocycles. The molecular weight excluding hydrogens is 386 g/mol. The smallest absolute Gasteiger partial charge is 0.303 e. The fraction of sp³-hybridized carbons (Fsp3) is 0.579. The first-order chi connectivity index (χ1) is 13.3. The van der Waals surface area contributed by atoms with E-state index in [1.807, 2.05) is 0 Å². The van der Waals surface area contributed by atoms with Crippen molar-refractivity contribution in [2.45, 2.75) is 38.3 Å². The molecule has 1 heterocycles. The second-order valence-corrected chi connectivity index (χ2v) is 7.31. The topological polar surface area (TPSA) is 114 Å². The molecule has 1 aromatic carbocycles. The largest absolute Gasteiger partial charge is 0.496 e. The molecular formula is C19H28ClN3O5. The number of carboxylic acids is 1. The highest BCUT2D eigenvalue weighted by molar-refractivity contribution is 6.33. The molecule has 28 heavy (non-hydrogen) atoms. The Balaban J connectivity index is 1.87. The van der Waals surface area contributed by atoms with E-state index in [0.29, 0.717) is 48.1 Å². The molecule has 156 valence electrons. The first-order valence-electron chi connectivity index (χ1n) is 9.30. The summed E-state index contributed by atoms with van der Waals surface area (Å²) in [5.74, 6) is -0.723. The van der Waals surface area contributed by atoms with Gasteiger partial charge in [-0.15, -0.1) is 0 Å². The number of nitrogens with zero attached hydrogens (tertiary/aromatic N) is 1. The molecule has 0 bridgehead atoms. The molecule has 1 aliphatic rings. The third-order valence-corrected chi connectivity index (χ3v) is 5.19. The van der Waals surface area contributed by atoms with E-state index in [-0.39, 0.29) is 24.5 Å². The van der Waals surface area contributed by atoms with Gasteiger partial charge in [-0.3, -0.25) is 14.5 Å². The quantitative estimate of drug-likeness (QED) is 0.530. The standard InChI is InChI=1S/C19H28ClN3O5/c1-12(4-3-5-18(24)25)23-6-7-28-13(11-23)10-22-19(26)14-8-15(20)16(21)9-17(14)27-2/h8-9,12-13H,3-7,10-11,21H2,1-2H3,(H,22,26)(H,24,25)/t12?,13-/m1/s1. The number of carbonyl (C=O) groups excluding carboxylic acids is 1. The van der Waals surface area contributed by atoms with Crippen LogP contribution in [-0.2, 0) is 9.53 Å². The van der Waals surface area contributed by atoms with E-state index in [2.05, 4.69) is 17.1 Å². The lowest BCUT2D eigenvalue weighted by molar-refractivity contribution is -0.137. The molecule has 1 aromatic rings. The molecule has 2 rings (SSSR count). The number of methoxy groups -OCH3 is 1. The van der Waals surface area contributed by atoms with E-state index in [1.165, 1.54) is 19.2 Å². The zero-order chi connectivity index (χ0) is 20.7. The molecule has 0 spiro atoms. The van der Waals surface area contributed by atoms with Crippen LogP contribution < -0.4 is 15.8 Å². The monoisotopic (exact) mass is 413 g/mol. The molecule has 1 saturated heterocycles. The maximum absolute atomic E-state index is 12.5. The van der Waals surface area contributed by atoms with Gasteiger partial charge in [0.15, 0.2) is 0 Å². The van der Waals surface area contributed by atoms with Crippen molar-refractivity contribution in [3.63, 3.8) is 0 Å². The minimum Gasteiger partial charge on any atom is -0.496 e. The van der Waals surface area contributed by atoms with Crippen molar-refractivity contribution in [2.24, 2.45) is 0 Å². The molecule has 1 unspecified atom stereocenters. The number of aliphatic carboxylic acids is 1. The summed E-state index contributed by atoms with van der Waals surface area (Å²) in [4.78, 5) is 25.5. The first kappa shape index (κ1) is 22.3. The average Bonchev–Trinajstić information content (AvgIpc) is 2.67. The third-order valence-electron chi connectivity index (χ3n) is 4.86. The number of hydrogen-bond donors (Lipinski definition) is 3. The number of nitrogens with one attached hydrogen (secondary N) is 1. The van der Waals surface area contributed by atoms with Gasteiger partial charge in [-0.2, -0.15) is 0 Å². The van der Waals surface area contributed by atoms with Crippen LogP contribution in [0.3, 0.4) is 0 Å². The molecule has 9 heteroatoms. The fourth-order valence-electron chi connectivity index (χ4n) is 3.21. The van der Waals surface area contributed by atoms with Crippen molar-refractivity contribution < 1.29 is 24.2 Å². The molecule has 1 amide bonds. The summed E-state index contributed by atoms with van der Waals surface area (Å²) in [5, 5.41) is 11.9. The second kappa shape index (κ2) is 10.5. The Morgan fingerprint density at radius 3 is 2.93 bits per heavy atom. The summed E-state index contributed by atoms with van der Waals surface area (Å²) in [7, 11) is 1.47. The van der Waals surface area contributed by atoms with Crippen molar-refractivity contribution in [1.82, 2.24) is 10.2 Å². The maximum atomic E-state index is 12.5. The highest BCUT2D eigenvalue weighted by atomic mass is 35.5. The van der Waals surface area contributed by atoms with Gasteiger partial charge in [0.2, 0.25) is 0 Å². The number of hydrogen-bond acceptors (Lipinski definition) is 6. The number of morpholine rings is 1. The predicted octanol–water partition coefficient (Wildman–Crippen LogP) is 2.00. The number of amides is 1. The molecule has 2 atom stereocenters. The summed E-state index contributed by atoms with van der Waals surface area (Å²) in [6.45, 7) is 4.47. The summed E-state index contributed by atoms with van der Waals surface area (Å²) in [6, 6.07) is 3.27. The summed E-state index contributed by atoms with van der Waals surface area (Å²) in [5.41, 5.74) is 6.41. The van der Waals surface area contributed by atoms with Crippen LogP contribution in [0.2, 0.25) is 5.02 Å². The van der Waals surface area contributed by atoms with E-state index in [4.69, 9.17) is 31.9 Å². The number of rotatable bonds is 9. The number of anilines is 1. The lowest BCUT2D eigenvalue weighted by atomic mass is 10.1. The molecule has 1 fully saturated rings. The van der Waals surface area contributed by atoms with Gasteiger partial charge in [0.25, 0.3) is 5.91 Å². The molecule has 1 aliphatic heterocycles. The number of nitrogen functional groups attached to an aromatic ring is 1. The first-order valence-corrected chi connectivity index (χ1v) is 9.68. The highest BCUT2D eigenvalue weighted by Gasteiger charge is 2.25. The third kappa shape index (κ3) is 6.25. The van der Waals surface area contributed by atoms with Gasteiger partial charge in [0, 0.05) is 38.2 Å². The van der Waals surface area contributed by atoms with Gasteiger partial charge in [0.1, 0.15) is 5.75 Å². The van der Waals surface area contributed by atoms with Gasteiger partial charge in [-0.05, 0) is 25.8 Å². The van der Waals surface area contributed by atoms with Crippen LogP contribution >= 0.6 is 11.6 Å².